The molecule has 31 heavy (non-hydrogen) atoms. The zero-order valence-corrected chi connectivity index (χ0v) is 18.3. The van der Waals surface area contributed by atoms with Crippen molar-refractivity contribution in [3.8, 4) is 0 Å². The maximum absolute atomic E-state index is 12.8. The van der Waals surface area contributed by atoms with Crippen LogP contribution in [0, 0.1) is 0 Å². The summed E-state index contributed by atoms with van der Waals surface area (Å²) in [5.41, 5.74) is -2.58. The smallest absolute Gasteiger partial charge is 0.416 e. The predicted octanol–water partition coefficient (Wildman–Crippen LogP) is 3.29. The van der Waals surface area contributed by atoms with E-state index in [4.69, 9.17) is 4.74 Å². The quantitative estimate of drug-likeness (QED) is 0.778. The third-order valence-electron chi connectivity index (χ3n) is 4.66. The number of nitrogens with one attached hydrogen (secondary N) is 1. The van der Waals surface area contributed by atoms with Crippen LogP contribution in [0.15, 0.2) is 24.3 Å². The Kier molecular flexibility index (Phi) is 6.92. The van der Waals surface area contributed by atoms with E-state index in [0.29, 0.717) is 0 Å². The van der Waals surface area contributed by atoms with E-state index < -0.39 is 34.9 Å². The van der Waals surface area contributed by atoms with Gasteiger partial charge in [-0.05, 0) is 58.9 Å². The predicted molar refractivity (Wildman–Crippen MR) is 107 cm³/mol. The topological polar surface area (TPSA) is 79.0 Å². The highest BCUT2D eigenvalue weighted by atomic mass is 19.4. The number of carbonyl (C=O) groups is 3. The molecule has 0 atom stereocenters. The highest BCUT2D eigenvalue weighted by Gasteiger charge is 2.37. The van der Waals surface area contributed by atoms with Gasteiger partial charge >= 0.3 is 12.3 Å². The summed E-state index contributed by atoms with van der Waals surface area (Å²) < 4.78 is 43.2. The number of rotatable bonds is 3. The second kappa shape index (κ2) is 8.76. The summed E-state index contributed by atoms with van der Waals surface area (Å²) in [6.07, 6.45) is -5.17. The molecule has 1 saturated heterocycles. The molecule has 1 aliphatic heterocycles. The number of alkyl carbamates (subject to hydrolysis) is 1. The maximum atomic E-state index is 12.8. The number of benzene rings is 1. The number of ether oxygens (including phenoxy) is 1. The molecule has 0 aromatic heterocycles. The number of halogens is 3. The number of carbonyl (C=O) groups excluding carboxylic acids is 3. The number of alkyl halides is 3. The molecule has 2 rings (SSSR count). The lowest BCUT2D eigenvalue weighted by molar-refractivity contribution is -0.138. The fourth-order valence-electron chi connectivity index (χ4n) is 3.10. The summed E-state index contributed by atoms with van der Waals surface area (Å²) in [4.78, 5) is 40.5. The van der Waals surface area contributed by atoms with Crippen LogP contribution in [0.5, 0.6) is 0 Å². The Labute approximate surface area is 179 Å². The summed E-state index contributed by atoms with van der Waals surface area (Å²) in [5.74, 6) is -0.716. The van der Waals surface area contributed by atoms with E-state index in [9.17, 15) is 27.6 Å². The lowest BCUT2D eigenvalue weighted by Gasteiger charge is -2.39. The fourth-order valence-corrected chi connectivity index (χ4v) is 3.10. The Morgan fingerprint density at radius 1 is 0.871 bits per heavy atom. The van der Waals surface area contributed by atoms with Crippen molar-refractivity contribution in [2.24, 2.45) is 0 Å². The highest BCUT2D eigenvalue weighted by molar-refractivity contribution is 5.94. The molecule has 0 aliphatic carbocycles. The average molecular weight is 443 g/mol. The standard InChI is InChI=1S/C21H28F3N3O4/c1-19(2,3)31-18(30)25-20(4,5)17(29)27-12-10-26(11-13-27)16(28)14-6-8-15(9-7-14)21(22,23)24/h6-9H,10-13H2,1-5H3,(H,25,30). The van der Waals surface area contributed by atoms with Crippen molar-refractivity contribution in [3.05, 3.63) is 35.4 Å². The van der Waals surface area contributed by atoms with Crippen LogP contribution < -0.4 is 5.32 Å². The van der Waals surface area contributed by atoms with Crippen molar-refractivity contribution in [1.82, 2.24) is 15.1 Å². The molecule has 1 aromatic carbocycles. The van der Waals surface area contributed by atoms with Crippen LogP contribution >= 0.6 is 0 Å². The third-order valence-corrected chi connectivity index (χ3v) is 4.66. The van der Waals surface area contributed by atoms with Crippen LogP contribution in [0.1, 0.15) is 50.5 Å². The van der Waals surface area contributed by atoms with Gasteiger partial charge in [-0.1, -0.05) is 0 Å². The van der Waals surface area contributed by atoms with Gasteiger partial charge in [0.1, 0.15) is 11.1 Å². The van der Waals surface area contributed by atoms with Gasteiger partial charge < -0.3 is 19.9 Å². The first-order chi connectivity index (χ1) is 14.1. The molecule has 7 nitrogen and oxygen atoms in total. The molecule has 1 aliphatic rings. The minimum Gasteiger partial charge on any atom is -0.444 e. The Morgan fingerprint density at radius 2 is 1.35 bits per heavy atom. The molecule has 0 unspecified atom stereocenters. The first-order valence-electron chi connectivity index (χ1n) is 9.87. The monoisotopic (exact) mass is 443 g/mol. The minimum absolute atomic E-state index is 0.152. The molecule has 172 valence electrons. The molecule has 10 heteroatoms. The number of hydrogen-bond acceptors (Lipinski definition) is 4. The largest absolute Gasteiger partial charge is 0.444 e. The normalized spacial score (nSPS) is 15.5. The van der Waals surface area contributed by atoms with Gasteiger partial charge in [0.05, 0.1) is 5.56 Å². The van der Waals surface area contributed by atoms with Crippen LogP contribution in [0.25, 0.3) is 0 Å². The lowest BCUT2D eigenvalue weighted by Crippen LogP contribution is -2.60. The summed E-state index contributed by atoms with van der Waals surface area (Å²) in [6, 6.07) is 4.04. The molecule has 0 radical (unpaired) electrons. The van der Waals surface area contributed by atoms with Crippen molar-refractivity contribution < 1.29 is 32.3 Å². The molecule has 1 heterocycles. The Morgan fingerprint density at radius 3 is 1.81 bits per heavy atom. The van der Waals surface area contributed by atoms with Gasteiger partial charge in [0.15, 0.2) is 0 Å². The Bertz CT molecular complexity index is 822. The van der Waals surface area contributed by atoms with Crippen molar-refractivity contribution in [3.63, 3.8) is 0 Å². The molecule has 0 bridgehead atoms. The number of hydrogen-bond donors (Lipinski definition) is 1. The van der Waals surface area contributed by atoms with Crippen LogP contribution in [0.4, 0.5) is 18.0 Å². The molecule has 3 amide bonds. The zero-order chi connectivity index (χ0) is 23.6. The Hall–Kier alpha value is -2.78. The second-order valence-electron chi connectivity index (χ2n) is 8.91. The van der Waals surface area contributed by atoms with Crippen LogP contribution in [-0.4, -0.2) is 65.0 Å². The first-order valence-corrected chi connectivity index (χ1v) is 9.87. The molecule has 1 aromatic rings. The molecule has 1 N–H and O–H groups in total. The van der Waals surface area contributed by atoms with Gasteiger partial charge in [-0.25, -0.2) is 4.79 Å². The van der Waals surface area contributed by atoms with Gasteiger partial charge in [-0.15, -0.1) is 0 Å². The van der Waals surface area contributed by atoms with Gasteiger partial charge in [0, 0.05) is 31.7 Å². The number of nitrogens with zero attached hydrogens (tertiary/aromatic N) is 2. The van der Waals surface area contributed by atoms with Gasteiger partial charge in [0.2, 0.25) is 5.91 Å². The molecular formula is C21H28F3N3O4. The van der Waals surface area contributed by atoms with E-state index in [0.717, 1.165) is 24.3 Å². The Balaban J connectivity index is 1.94. The van der Waals surface area contributed by atoms with Crippen LogP contribution in [0.2, 0.25) is 0 Å². The fraction of sp³-hybridized carbons (Fsp3) is 0.571. The van der Waals surface area contributed by atoms with E-state index >= 15 is 0 Å². The van der Waals surface area contributed by atoms with E-state index in [-0.39, 0.29) is 37.6 Å². The molecular weight excluding hydrogens is 415 g/mol. The van der Waals surface area contributed by atoms with E-state index in [1.165, 1.54) is 9.80 Å². The third kappa shape index (κ3) is 6.60. The molecule has 0 saturated carbocycles. The first kappa shape index (κ1) is 24.5. The van der Waals surface area contributed by atoms with Crippen molar-refractivity contribution in [1.29, 1.82) is 0 Å². The van der Waals surface area contributed by atoms with E-state index in [2.05, 4.69) is 5.32 Å². The summed E-state index contributed by atoms with van der Waals surface area (Å²) >= 11 is 0. The van der Waals surface area contributed by atoms with E-state index in [1.807, 2.05) is 0 Å². The number of piperazine rings is 1. The highest BCUT2D eigenvalue weighted by Crippen LogP contribution is 2.29. The van der Waals surface area contributed by atoms with Gasteiger partial charge in [0.25, 0.3) is 5.91 Å². The summed E-state index contributed by atoms with van der Waals surface area (Å²) in [7, 11) is 0. The van der Waals surface area contributed by atoms with Crippen molar-refractivity contribution in [2.45, 2.75) is 51.9 Å². The maximum Gasteiger partial charge on any atom is 0.416 e. The van der Waals surface area contributed by atoms with E-state index in [1.54, 1.807) is 34.6 Å². The second-order valence-corrected chi connectivity index (χ2v) is 8.91. The van der Waals surface area contributed by atoms with Crippen LogP contribution in [-0.2, 0) is 15.7 Å². The lowest BCUT2D eigenvalue weighted by atomic mass is 10.0. The summed E-state index contributed by atoms with van der Waals surface area (Å²) in [6.45, 7) is 9.23. The zero-order valence-electron chi connectivity index (χ0n) is 18.3. The van der Waals surface area contributed by atoms with Crippen LogP contribution in [0.3, 0.4) is 0 Å². The minimum atomic E-state index is -4.46. The summed E-state index contributed by atoms with van der Waals surface area (Å²) in [5, 5.41) is 2.56. The van der Waals surface area contributed by atoms with Crippen molar-refractivity contribution >= 4 is 17.9 Å². The number of amides is 3. The molecule has 0 spiro atoms. The van der Waals surface area contributed by atoms with Crippen molar-refractivity contribution in [2.75, 3.05) is 26.2 Å². The average Bonchev–Trinajstić information content (AvgIpc) is 2.64. The van der Waals surface area contributed by atoms with Gasteiger partial charge in [-0.2, -0.15) is 13.2 Å². The SMILES string of the molecule is CC(C)(C)OC(=O)NC(C)(C)C(=O)N1CCN(C(=O)c2ccc(C(F)(F)F)cc2)CC1. The molecule has 1 fully saturated rings. The van der Waals surface area contributed by atoms with Gasteiger partial charge in [-0.3, -0.25) is 9.59 Å².